The normalized spacial score (nSPS) is 13.6. The van der Waals surface area contributed by atoms with Crippen molar-refractivity contribution >= 4 is 55.4 Å². The van der Waals surface area contributed by atoms with Crippen LogP contribution >= 0.6 is 11.8 Å². The first-order valence-corrected chi connectivity index (χ1v) is 18.7. The predicted molar refractivity (Wildman–Crippen MR) is 215 cm³/mol. The van der Waals surface area contributed by atoms with Crippen LogP contribution in [0.1, 0.15) is 27.8 Å². The van der Waals surface area contributed by atoms with Gasteiger partial charge in [0, 0.05) is 48.7 Å². The number of hydrogen-bond donors (Lipinski definition) is 0. The molecule has 0 N–H and O–H groups in total. The molecule has 0 fully saturated rings. The van der Waals surface area contributed by atoms with Crippen LogP contribution < -0.4 is 0 Å². The molecule has 0 atom stereocenters. The van der Waals surface area contributed by atoms with Crippen molar-refractivity contribution in [1.29, 1.82) is 5.26 Å². The Hall–Kier alpha value is -7.01. The van der Waals surface area contributed by atoms with E-state index in [4.69, 9.17) is 9.97 Å². The number of hydrogen-bond acceptors (Lipinski definition) is 5. The molecule has 10 aromatic rings. The van der Waals surface area contributed by atoms with Crippen LogP contribution in [0.2, 0.25) is 0 Å². The van der Waals surface area contributed by atoms with Gasteiger partial charge in [-0.15, -0.1) is 0 Å². The molecule has 6 nitrogen and oxygen atoms in total. The van der Waals surface area contributed by atoms with Crippen LogP contribution in [0.15, 0.2) is 168 Å². The van der Waals surface area contributed by atoms with E-state index in [1.807, 2.05) is 48.7 Å². The third-order valence-electron chi connectivity index (χ3n) is 11.4. The molecule has 6 heterocycles. The second-order valence-electron chi connectivity index (χ2n) is 14.0. The zero-order chi connectivity index (χ0) is 35.5. The van der Waals surface area contributed by atoms with Gasteiger partial charge >= 0.3 is 0 Å². The second-order valence-corrected chi connectivity index (χ2v) is 15.0. The number of benzene rings is 5. The fourth-order valence-electron chi connectivity index (χ4n) is 9.24. The average molecular weight is 707 g/mol. The van der Waals surface area contributed by atoms with Crippen molar-refractivity contribution in [2.45, 2.75) is 15.2 Å². The number of rotatable bonds is 2. The van der Waals surface area contributed by atoms with Gasteiger partial charge < -0.3 is 9.13 Å². The summed E-state index contributed by atoms with van der Waals surface area (Å²) in [6.45, 7) is 0. The van der Waals surface area contributed by atoms with Crippen molar-refractivity contribution in [2.24, 2.45) is 0 Å². The predicted octanol–water partition coefficient (Wildman–Crippen LogP) is 10.8. The minimum Gasteiger partial charge on any atom is -0.308 e. The summed E-state index contributed by atoms with van der Waals surface area (Å²) in [5.41, 5.74) is 12.5. The Morgan fingerprint density at radius 3 is 1.69 bits per heavy atom. The average Bonchev–Trinajstić information content (AvgIpc) is 3.84. The third-order valence-corrected chi connectivity index (χ3v) is 12.5. The van der Waals surface area contributed by atoms with E-state index in [0.29, 0.717) is 5.56 Å². The maximum atomic E-state index is 9.79. The zero-order valence-electron chi connectivity index (χ0n) is 28.6. The summed E-state index contributed by atoms with van der Waals surface area (Å²) in [5.74, 6) is 0. The summed E-state index contributed by atoms with van der Waals surface area (Å²) in [7, 11) is 0. The monoisotopic (exact) mass is 706 g/mol. The Bertz CT molecular complexity index is 3190. The molecule has 0 saturated heterocycles. The minimum absolute atomic E-state index is 0.640. The molecule has 1 spiro atoms. The van der Waals surface area contributed by atoms with Crippen LogP contribution in [-0.4, -0.2) is 24.1 Å². The van der Waals surface area contributed by atoms with E-state index >= 15 is 0 Å². The summed E-state index contributed by atoms with van der Waals surface area (Å²) in [5, 5.41) is 14.3. The number of aromatic nitrogens is 5. The van der Waals surface area contributed by atoms with Gasteiger partial charge in [0.15, 0.2) is 0 Å². The van der Waals surface area contributed by atoms with Crippen LogP contribution in [0.25, 0.3) is 66.4 Å². The summed E-state index contributed by atoms with van der Waals surface area (Å²) in [6, 6.07) is 49.6. The van der Waals surface area contributed by atoms with Gasteiger partial charge in [-0.25, -0.2) is 0 Å². The van der Waals surface area contributed by atoms with E-state index in [9.17, 15) is 5.26 Å². The van der Waals surface area contributed by atoms with Gasteiger partial charge in [-0.2, -0.15) is 5.26 Å². The molecular formula is C47H26N6S. The van der Waals surface area contributed by atoms with Crippen LogP contribution in [0.5, 0.6) is 0 Å². The first-order valence-electron chi connectivity index (χ1n) is 17.9. The molecule has 5 aromatic heterocycles. The third kappa shape index (κ3) is 3.72. The lowest BCUT2D eigenvalue weighted by molar-refractivity contribution is 0.718. The van der Waals surface area contributed by atoms with Gasteiger partial charge in [0.05, 0.1) is 80.5 Å². The molecule has 2 aliphatic rings. The lowest BCUT2D eigenvalue weighted by atomic mass is 9.67. The van der Waals surface area contributed by atoms with E-state index < -0.39 is 5.41 Å². The highest BCUT2D eigenvalue weighted by atomic mass is 32.2. The maximum Gasteiger partial charge on any atom is 0.0991 e. The van der Waals surface area contributed by atoms with Gasteiger partial charge in [0.2, 0.25) is 0 Å². The number of para-hydroxylation sites is 2. The first kappa shape index (κ1) is 29.6. The molecule has 1 aliphatic carbocycles. The van der Waals surface area contributed by atoms with Crippen molar-refractivity contribution < 1.29 is 0 Å². The molecule has 0 saturated carbocycles. The van der Waals surface area contributed by atoms with E-state index in [1.165, 1.54) is 26.3 Å². The fourth-order valence-corrected chi connectivity index (χ4v) is 10.4. The van der Waals surface area contributed by atoms with Crippen LogP contribution in [0.4, 0.5) is 0 Å². The van der Waals surface area contributed by atoms with Crippen molar-refractivity contribution in [1.82, 2.24) is 24.1 Å². The van der Waals surface area contributed by atoms with Crippen molar-refractivity contribution in [3.63, 3.8) is 0 Å². The molecular weight excluding hydrogens is 681 g/mol. The topological polar surface area (TPSA) is 72.3 Å². The van der Waals surface area contributed by atoms with Gasteiger partial charge in [-0.05, 0) is 71.8 Å². The molecule has 7 heteroatoms. The summed E-state index contributed by atoms with van der Waals surface area (Å²) < 4.78 is 4.58. The zero-order valence-corrected chi connectivity index (χ0v) is 29.4. The van der Waals surface area contributed by atoms with Crippen LogP contribution in [-0.2, 0) is 5.41 Å². The molecule has 1 aliphatic heterocycles. The van der Waals surface area contributed by atoms with E-state index in [0.717, 1.165) is 72.1 Å². The summed E-state index contributed by atoms with van der Waals surface area (Å²) in [6.07, 6.45) is 7.79. The molecule has 12 rings (SSSR count). The van der Waals surface area contributed by atoms with Gasteiger partial charge in [-0.3, -0.25) is 15.0 Å². The van der Waals surface area contributed by atoms with Crippen molar-refractivity contribution in [3.8, 4) is 28.8 Å². The molecule has 5 aromatic carbocycles. The maximum absolute atomic E-state index is 9.79. The van der Waals surface area contributed by atoms with Crippen molar-refractivity contribution in [2.75, 3.05) is 0 Å². The van der Waals surface area contributed by atoms with Gasteiger partial charge in [-0.1, -0.05) is 84.6 Å². The Balaban J connectivity index is 1.20. The molecule has 250 valence electrons. The highest BCUT2D eigenvalue weighted by Crippen LogP contribution is 2.62. The number of nitrogens with zero attached hydrogens (tertiary/aromatic N) is 6. The molecule has 0 radical (unpaired) electrons. The molecule has 0 amide bonds. The quantitative estimate of drug-likeness (QED) is 0.179. The minimum atomic E-state index is -0.696. The fraction of sp³-hybridized carbons (Fsp3) is 0.0213. The van der Waals surface area contributed by atoms with E-state index in [2.05, 4.69) is 142 Å². The van der Waals surface area contributed by atoms with Gasteiger partial charge in [0.1, 0.15) is 0 Å². The van der Waals surface area contributed by atoms with E-state index in [1.54, 1.807) is 0 Å². The Kier molecular flexibility index (Phi) is 5.89. The van der Waals surface area contributed by atoms with Crippen LogP contribution in [0, 0.1) is 11.3 Å². The number of fused-ring (bicyclic) bond motifs is 15. The summed E-state index contributed by atoms with van der Waals surface area (Å²) in [4.78, 5) is 17.6. The van der Waals surface area contributed by atoms with E-state index in [-0.39, 0.29) is 0 Å². The Morgan fingerprint density at radius 1 is 0.500 bits per heavy atom. The number of pyridine rings is 3. The Labute approximate surface area is 313 Å². The number of nitriles is 1. The van der Waals surface area contributed by atoms with Crippen molar-refractivity contribution in [3.05, 3.63) is 186 Å². The van der Waals surface area contributed by atoms with Gasteiger partial charge in [0.25, 0.3) is 0 Å². The SMILES string of the molecule is N#Cc1ccc2c(c1)c1ccccc1n2-c1cnc2c(c1)C1(c3ccccc3Sc3ccccc31)c1cc(-n3c4ccccc4c4ccncc43)cnc1-2. The molecule has 0 bridgehead atoms. The standard InChI is InChI=1S/C47H26N6S/c48-24-28-17-18-41-34(21-28)32-10-2-6-14-40(32)52(41)29-22-37-45(50-25-29)46-38(47(37)35-11-3-7-15-43(35)54-44-16-8-4-12-36(44)47)23-30(26-51-46)53-39-13-5-1-9-31(39)33-19-20-49-27-42(33)53/h1-23,25-27H. The molecule has 54 heavy (non-hydrogen) atoms. The lowest BCUT2D eigenvalue weighted by Gasteiger charge is -2.39. The first-order chi connectivity index (χ1) is 26.7. The lowest BCUT2D eigenvalue weighted by Crippen LogP contribution is -2.32. The highest BCUT2D eigenvalue weighted by Gasteiger charge is 2.52. The van der Waals surface area contributed by atoms with Crippen LogP contribution in [0.3, 0.4) is 0 Å². The second kappa shape index (κ2) is 10.8. The molecule has 0 unspecified atom stereocenters. The highest BCUT2D eigenvalue weighted by molar-refractivity contribution is 7.99. The summed E-state index contributed by atoms with van der Waals surface area (Å²) >= 11 is 1.82. The largest absolute Gasteiger partial charge is 0.308 e. The smallest absolute Gasteiger partial charge is 0.0991 e. The Morgan fingerprint density at radius 2 is 1.04 bits per heavy atom.